The summed E-state index contributed by atoms with van der Waals surface area (Å²) in [7, 11) is 0. The molecular weight excluding hydrogens is 226 g/mol. The number of aliphatic hydroxyl groups is 1. The van der Waals surface area contributed by atoms with Gasteiger partial charge in [0, 0.05) is 19.5 Å². The summed E-state index contributed by atoms with van der Waals surface area (Å²) in [6, 6.07) is 10.0. The van der Waals surface area contributed by atoms with E-state index >= 15 is 0 Å². The number of nitrogens with zero attached hydrogens (tertiary/aromatic N) is 1. The standard InChI is InChI=1S/C15H21NO2/c1-15(18)10-5-11-16(12-15)14(17)9-8-13-6-3-2-4-7-13/h2-4,6-7,18H,5,8-12H2,1H3. The van der Waals surface area contributed by atoms with Crippen molar-refractivity contribution in [1.29, 1.82) is 0 Å². The van der Waals surface area contributed by atoms with E-state index in [2.05, 4.69) is 0 Å². The molecule has 3 nitrogen and oxygen atoms in total. The largest absolute Gasteiger partial charge is 0.388 e. The second-order valence-corrected chi connectivity index (χ2v) is 5.40. The number of hydrogen-bond donors (Lipinski definition) is 1. The van der Waals surface area contributed by atoms with Crippen molar-refractivity contribution >= 4 is 5.91 Å². The zero-order valence-electron chi connectivity index (χ0n) is 10.9. The number of rotatable bonds is 3. The molecule has 3 heteroatoms. The van der Waals surface area contributed by atoms with Crippen molar-refractivity contribution in [3.8, 4) is 0 Å². The van der Waals surface area contributed by atoms with E-state index in [-0.39, 0.29) is 5.91 Å². The van der Waals surface area contributed by atoms with E-state index < -0.39 is 5.60 Å². The molecule has 18 heavy (non-hydrogen) atoms. The number of aryl methyl sites for hydroxylation is 1. The highest BCUT2D eigenvalue weighted by Gasteiger charge is 2.30. The summed E-state index contributed by atoms with van der Waals surface area (Å²) in [5.41, 5.74) is 0.482. The van der Waals surface area contributed by atoms with Crippen LogP contribution in [0.15, 0.2) is 30.3 Å². The van der Waals surface area contributed by atoms with Crippen molar-refractivity contribution in [2.45, 2.75) is 38.2 Å². The van der Waals surface area contributed by atoms with Crippen LogP contribution in [0.4, 0.5) is 0 Å². The molecule has 0 aromatic heterocycles. The molecule has 0 aliphatic carbocycles. The van der Waals surface area contributed by atoms with Crippen molar-refractivity contribution in [3.05, 3.63) is 35.9 Å². The Hall–Kier alpha value is -1.35. The molecule has 0 radical (unpaired) electrons. The molecule has 1 aliphatic rings. The third-order valence-corrected chi connectivity index (χ3v) is 3.50. The highest BCUT2D eigenvalue weighted by atomic mass is 16.3. The average Bonchev–Trinajstić information content (AvgIpc) is 2.36. The fourth-order valence-electron chi connectivity index (χ4n) is 2.49. The van der Waals surface area contributed by atoms with Gasteiger partial charge in [0.2, 0.25) is 5.91 Å². The molecular formula is C15H21NO2. The minimum atomic E-state index is -0.708. The molecule has 0 bridgehead atoms. The van der Waals surface area contributed by atoms with Crippen LogP contribution in [-0.4, -0.2) is 34.6 Å². The van der Waals surface area contributed by atoms with Crippen LogP contribution in [0, 0.1) is 0 Å². The molecule has 0 spiro atoms. The number of hydrogen-bond acceptors (Lipinski definition) is 2. The first kappa shape index (κ1) is 13.1. The van der Waals surface area contributed by atoms with Crippen molar-refractivity contribution in [2.75, 3.05) is 13.1 Å². The van der Waals surface area contributed by atoms with E-state index in [0.29, 0.717) is 13.0 Å². The van der Waals surface area contributed by atoms with Crippen LogP contribution in [0.5, 0.6) is 0 Å². The van der Waals surface area contributed by atoms with Crippen LogP contribution >= 0.6 is 0 Å². The lowest BCUT2D eigenvalue weighted by atomic mass is 9.95. The number of piperidine rings is 1. The Morgan fingerprint density at radius 3 is 2.78 bits per heavy atom. The predicted octanol–water partition coefficient (Wildman–Crippen LogP) is 1.99. The Morgan fingerprint density at radius 2 is 2.11 bits per heavy atom. The van der Waals surface area contributed by atoms with Crippen LogP contribution in [0.1, 0.15) is 31.7 Å². The van der Waals surface area contributed by atoms with Crippen molar-refractivity contribution in [3.63, 3.8) is 0 Å². The molecule has 0 saturated carbocycles. The maximum atomic E-state index is 12.1. The number of benzene rings is 1. The van der Waals surface area contributed by atoms with E-state index in [9.17, 15) is 9.90 Å². The van der Waals surface area contributed by atoms with Gasteiger partial charge in [0.25, 0.3) is 0 Å². The monoisotopic (exact) mass is 247 g/mol. The summed E-state index contributed by atoms with van der Waals surface area (Å²) in [5.74, 6) is 0.152. The van der Waals surface area contributed by atoms with Gasteiger partial charge >= 0.3 is 0 Å². The number of β-amino-alcohol motifs (C(OH)–C–C–N with tert-alkyl or cyclic N) is 1. The maximum Gasteiger partial charge on any atom is 0.222 e. The minimum absolute atomic E-state index is 0.152. The fourth-order valence-corrected chi connectivity index (χ4v) is 2.49. The van der Waals surface area contributed by atoms with Gasteiger partial charge in [-0.25, -0.2) is 0 Å². The quantitative estimate of drug-likeness (QED) is 0.887. The molecule has 1 N–H and O–H groups in total. The van der Waals surface area contributed by atoms with Crippen LogP contribution in [-0.2, 0) is 11.2 Å². The molecule has 2 rings (SSSR count). The van der Waals surface area contributed by atoms with Gasteiger partial charge in [-0.05, 0) is 31.7 Å². The topological polar surface area (TPSA) is 40.5 Å². The Balaban J connectivity index is 1.85. The van der Waals surface area contributed by atoms with Gasteiger partial charge in [0.15, 0.2) is 0 Å². The summed E-state index contributed by atoms with van der Waals surface area (Å²) >= 11 is 0. The number of carbonyl (C=O) groups excluding carboxylic acids is 1. The van der Waals surface area contributed by atoms with Crippen molar-refractivity contribution in [2.24, 2.45) is 0 Å². The average molecular weight is 247 g/mol. The van der Waals surface area contributed by atoms with Crippen molar-refractivity contribution in [1.82, 2.24) is 4.90 Å². The summed E-state index contributed by atoms with van der Waals surface area (Å²) in [6.45, 7) is 3.06. The van der Waals surface area contributed by atoms with Crippen LogP contribution in [0.2, 0.25) is 0 Å². The van der Waals surface area contributed by atoms with Gasteiger partial charge in [-0.2, -0.15) is 0 Å². The normalized spacial score (nSPS) is 24.0. The van der Waals surface area contributed by atoms with Crippen LogP contribution in [0.3, 0.4) is 0 Å². The lowest BCUT2D eigenvalue weighted by Crippen LogP contribution is -2.48. The first-order valence-electron chi connectivity index (χ1n) is 6.61. The van der Waals surface area contributed by atoms with E-state index in [1.54, 1.807) is 4.90 Å². The summed E-state index contributed by atoms with van der Waals surface area (Å²) in [5, 5.41) is 9.99. The van der Waals surface area contributed by atoms with Gasteiger partial charge in [0.1, 0.15) is 0 Å². The predicted molar refractivity (Wildman–Crippen MR) is 71.2 cm³/mol. The second kappa shape index (κ2) is 5.53. The summed E-state index contributed by atoms with van der Waals surface area (Å²) in [6.07, 6.45) is 2.98. The summed E-state index contributed by atoms with van der Waals surface area (Å²) in [4.78, 5) is 13.9. The van der Waals surface area contributed by atoms with Crippen molar-refractivity contribution < 1.29 is 9.90 Å². The molecule has 98 valence electrons. The summed E-state index contributed by atoms with van der Waals surface area (Å²) < 4.78 is 0. The zero-order valence-corrected chi connectivity index (χ0v) is 10.9. The third-order valence-electron chi connectivity index (χ3n) is 3.50. The van der Waals surface area contributed by atoms with Gasteiger partial charge in [-0.15, -0.1) is 0 Å². The number of likely N-dealkylation sites (tertiary alicyclic amines) is 1. The molecule has 1 aliphatic heterocycles. The van der Waals surface area contributed by atoms with Crippen LogP contribution < -0.4 is 0 Å². The Kier molecular flexibility index (Phi) is 4.02. The van der Waals surface area contributed by atoms with E-state index in [4.69, 9.17) is 0 Å². The first-order valence-corrected chi connectivity index (χ1v) is 6.61. The Bertz CT molecular complexity index is 400. The first-order chi connectivity index (χ1) is 8.57. The van der Waals surface area contributed by atoms with Gasteiger partial charge in [-0.1, -0.05) is 30.3 Å². The highest BCUT2D eigenvalue weighted by molar-refractivity contribution is 5.76. The molecule has 1 unspecified atom stereocenters. The van der Waals surface area contributed by atoms with E-state index in [1.807, 2.05) is 37.3 Å². The lowest BCUT2D eigenvalue weighted by Gasteiger charge is -2.36. The van der Waals surface area contributed by atoms with Gasteiger partial charge in [0.05, 0.1) is 5.60 Å². The molecule has 1 amide bonds. The number of carbonyl (C=O) groups is 1. The zero-order chi connectivity index (χ0) is 13.0. The number of amides is 1. The minimum Gasteiger partial charge on any atom is -0.388 e. The van der Waals surface area contributed by atoms with Gasteiger partial charge in [-0.3, -0.25) is 4.79 Å². The molecule has 1 heterocycles. The van der Waals surface area contributed by atoms with Gasteiger partial charge < -0.3 is 10.0 Å². The Morgan fingerprint density at radius 1 is 1.39 bits per heavy atom. The smallest absolute Gasteiger partial charge is 0.222 e. The maximum absolute atomic E-state index is 12.1. The van der Waals surface area contributed by atoms with E-state index in [0.717, 1.165) is 25.8 Å². The highest BCUT2D eigenvalue weighted by Crippen LogP contribution is 2.21. The molecule has 1 fully saturated rings. The Labute approximate surface area is 108 Å². The lowest BCUT2D eigenvalue weighted by molar-refractivity contribution is -0.137. The SMILES string of the molecule is CC1(O)CCCN(C(=O)CCc2ccccc2)C1. The fraction of sp³-hybridized carbons (Fsp3) is 0.533. The van der Waals surface area contributed by atoms with E-state index in [1.165, 1.54) is 5.56 Å². The third kappa shape index (κ3) is 3.57. The second-order valence-electron chi connectivity index (χ2n) is 5.40. The molecule has 1 saturated heterocycles. The molecule has 1 aromatic carbocycles. The molecule has 1 atom stereocenters. The van der Waals surface area contributed by atoms with Crippen LogP contribution in [0.25, 0.3) is 0 Å². The molecule has 1 aromatic rings.